The molecular weight excluding hydrogens is 238 g/mol. The number of nitrogens with one attached hydrogen (secondary N) is 1. The zero-order chi connectivity index (χ0) is 13.7. The first kappa shape index (κ1) is 14.1. The molecule has 0 radical (unpaired) electrons. The summed E-state index contributed by atoms with van der Waals surface area (Å²) >= 11 is 0. The van der Waals surface area contributed by atoms with E-state index >= 15 is 0 Å². The molecular formula is C16H23NO2. The van der Waals surface area contributed by atoms with Gasteiger partial charge in [-0.15, -0.1) is 0 Å². The summed E-state index contributed by atoms with van der Waals surface area (Å²) in [6.45, 7) is 3.20. The molecule has 0 amide bonds. The summed E-state index contributed by atoms with van der Waals surface area (Å²) in [6, 6.07) is 8.27. The van der Waals surface area contributed by atoms with Crippen LogP contribution in [0, 0.1) is 5.92 Å². The number of carbonyl (C=O) groups is 1. The van der Waals surface area contributed by atoms with E-state index in [0.717, 1.165) is 12.5 Å². The van der Waals surface area contributed by atoms with E-state index in [4.69, 9.17) is 4.74 Å². The van der Waals surface area contributed by atoms with Crippen molar-refractivity contribution >= 4 is 5.97 Å². The van der Waals surface area contributed by atoms with Crippen LogP contribution in [0.3, 0.4) is 0 Å². The first-order valence-electron chi connectivity index (χ1n) is 7.11. The van der Waals surface area contributed by atoms with Crippen molar-refractivity contribution in [3.8, 4) is 0 Å². The standard InChI is InChI=1S/C16H23NO2/c1-12-5-3-4-6-15(12)17-11-13-7-9-14(10-8-13)16(18)19-2/h7-10,12,15,17H,3-6,11H2,1-2H3. The monoisotopic (exact) mass is 261 g/mol. The Labute approximate surface area is 115 Å². The highest BCUT2D eigenvalue weighted by Crippen LogP contribution is 2.24. The molecule has 104 valence electrons. The van der Waals surface area contributed by atoms with Gasteiger partial charge in [0.25, 0.3) is 0 Å². The summed E-state index contributed by atoms with van der Waals surface area (Å²) in [5.74, 6) is 0.489. The van der Waals surface area contributed by atoms with Crippen molar-refractivity contribution in [2.75, 3.05) is 7.11 Å². The van der Waals surface area contributed by atoms with E-state index in [9.17, 15) is 4.79 Å². The van der Waals surface area contributed by atoms with Crippen molar-refractivity contribution in [1.29, 1.82) is 0 Å². The minimum absolute atomic E-state index is 0.277. The molecule has 0 saturated heterocycles. The molecule has 2 atom stereocenters. The first-order chi connectivity index (χ1) is 9.20. The third kappa shape index (κ3) is 3.80. The maximum Gasteiger partial charge on any atom is 0.337 e. The number of esters is 1. The number of rotatable bonds is 4. The van der Waals surface area contributed by atoms with E-state index in [0.29, 0.717) is 11.6 Å². The first-order valence-corrected chi connectivity index (χ1v) is 7.11. The van der Waals surface area contributed by atoms with Gasteiger partial charge in [-0.3, -0.25) is 0 Å². The Morgan fingerprint density at radius 2 is 1.95 bits per heavy atom. The average molecular weight is 261 g/mol. The van der Waals surface area contributed by atoms with Gasteiger partial charge >= 0.3 is 5.97 Å². The van der Waals surface area contributed by atoms with Crippen LogP contribution >= 0.6 is 0 Å². The molecule has 1 aromatic rings. The summed E-state index contributed by atoms with van der Waals surface area (Å²) in [7, 11) is 1.41. The van der Waals surface area contributed by atoms with Crippen LogP contribution in [0.25, 0.3) is 0 Å². The Morgan fingerprint density at radius 1 is 1.26 bits per heavy atom. The van der Waals surface area contributed by atoms with Gasteiger partial charge in [-0.25, -0.2) is 4.79 Å². The van der Waals surface area contributed by atoms with E-state index < -0.39 is 0 Å². The quantitative estimate of drug-likeness (QED) is 0.846. The Morgan fingerprint density at radius 3 is 2.58 bits per heavy atom. The van der Waals surface area contributed by atoms with Crippen LogP contribution < -0.4 is 5.32 Å². The van der Waals surface area contributed by atoms with Crippen LogP contribution in [0.15, 0.2) is 24.3 Å². The maximum absolute atomic E-state index is 11.3. The molecule has 1 aliphatic carbocycles. The lowest BCUT2D eigenvalue weighted by atomic mass is 9.86. The molecule has 1 N–H and O–H groups in total. The summed E-state index contributed by atoms with van der Waals surface area (Å²) in [6.07, 6.45) is 5.32. The fourth-order valence-electron chi connectivity index (χ4n) is 2.74. The Bertz CT molecular complexity index is 413. The second-order valence-corrected chi connectivity index (χ2v) is 5.44. The second-order valence-electron chi connectivity index (χ2n) is 5.44. The Hall–Kier alpha value is -1.35. The molecule has 2 unspecified atom stereocenters. The molecule has 3 heteroatoms. The molecule has 2 rings (SSSR count). The van der Waals surface area contributed by atoms with Gasteiger partial charge in [0, 0.05) is 12.6 Å². The van der Waals surface area contributed by atoms with Crippen LogP contribution in [0.2, 0.25) is 0 Å². The molecule has 0 heterocycles. The number of methoxy groups -OCH3 is 1. The number of ether oxygens (including phenoxy) is 1. The Balaban J connectivity index is 1.87. The molecule has 19 heavy (non-hydrogen) atoms. The van der Waals surface area contributed by atoms with Gasteiger partial charge in [-0.05, 0) is 36.5 Å². The predicted molar refractivity (Wildman–Crippen MR) is 76.0 cm³/mol. The second kappa shape index (κ2) is 6.71. The van der Waals surface area contributed by atoms with Gasteiger partial charge in [-0.2, -0.15) is 0 Å². The lowest BCUT2D eigenvalue weighted by molar-refractivity contribution is 0.0600. The minimum Gasteiger partial charge on any atom is -0.465 e. The average Bonchev–Trinajstić information content (AvgIpc) is 2.46. The van der Waals surface area contributed by atoms with Crippen LogP contribution in [0.4, 0.5) is 0 Å². The van der Waals surface area contributed by atoms with E-state index in [1.54, 1.807) is 0 Å². The maximum atomic E-state index is 11.3. The largest absolute Gasteiger partial charge is 0.465 e. The predicted octanol–water partition coefficient (Wildman–Crippen LogP) is 3.14. The topological polar surface area (TPSA) is 38.3 Å². The van der Waals surface area contributed by atoms with Gasteiger partial charge in [0.1, 0.15) is 0 Å². The fraction of sp³-hybridized carbons (Fsp3) is 0.562. The molecule has 1 saturated carbocycles. The Kier molecular flexibility index (Phi) is 4.97. The van der Waals surface area contributed by atoms with Gasteiger partial charge in [0.2, 0.25) is 0 Å². The third-order valence-electron chi connectivity index (χ3n) is 4.05. The summed E-state index contributed by atoms with van der Waals surface area (Å²) < 4.78 is 4.69. The highest BCUT2D eigenvalue weighted by Gasteiger charge is 2.20. The summed E-state index contributed by atoms with van der Waals surface area (Å²) in [4.78, 5) is 11.3. The summed E-state index contributed by atoms with van der Waals surface area (Å²) in [5.41, 5.74) is 1.82. The van der Waals surface area contributed by atoms with E-state index in [2.05, 4.69) is 12.2 Å². The zero-order valence-electron chi connectivity index (χ0n) is 11.8. The molecule has 0 spiro atoms. The van der Waals surface area contributed by atoms with Crippen molar-refractivity contribution < 1.29 is 9.53 Å². The van der Waals surface area contributed by atoms with Crippen molar-refractivity contribution in [3.63, 3.8) is 0 Å². The van der Waals surface area contributed by atoms with Crippen LogP contribution in [0.1, 0.15) is 48.5 Å². The van der Waals surface area contributed by atoms with Gasteiger partial charge in [-0.1, -0.05) is 31.9 Å². The fourth-order valence-corrected chi connectivity index (χ4v) is 2.74. The van der Waals surface area contributed by atoms with E-state index in [-0.39, 0.29) is 5.97 Å². The number of benzene rings is 1. The van der Waals surface area contributed by atoms with E-state index in [1.165, 1.54) is 38.4 Å². The number of hydrogen-bond donors (Lipinski definition) is 1. The van der Waals surface area contributed by atoms with E-state index in [1.807, 2.05) is 24.3 Å². The molecule has 0 bridgehead atoms. The van der Waals surface area contributed by atoms with Crippen LogP contribution in [-0.4, -0.2) is 19.1 Å². The highest BCUT2D eigenvalue weighted by atomic mass is 16.5. The van der Waals surface area contributed by atoms with Gasteiger partial charge < -0.3 is 10.1 Å². The molecule has 1 fully saturated rings. The van der Waals surface area contributed by atoms with Crippen molar-refractivity contribution in [1.82, 2.24) is 5.32 Å². The lowest BCUT2D eigenvalue weighted by Crippen LogP contribution is -2.36. The van der Waals surface area contributed by atoms with Crippen molar-refractivity contribution in [3.05, 3.63) is 35.4 Å². The minimum atomic E-state index is -0.277. The van der Waals surface area contributed by atoms with Crippen LogP contribution in [0.5, 0.6) is 0 Å². The molecule has 1 aliphatic rings. The number of hydrogen-bond acceptors (Lipinski definition) is 3. The normalized spacial score (nSPS) is 23.1. The molecule has 0 aliphatic heterocycles. The molecule has 0 aromatic heterocycles. The summed E-state index contributed by atoms with van der Waals surface area (Å²) in [5, 5.41) is 3.63. The smallest absolute Gasteiger partial charge is 0.337 e. The zero-order valence-corrected chi connectivity index (χ0v) is 11.8. The van der Waals surface area contributed by atoms with Crippen LogP contribution in [-0.2, 0) is 11.3 Å². The SMILES string of the molecule is COC(=O)c1ccc(CNC2CCCCC2C)cc1. The van der Waals surface area contributed by atoms with Gasteiger partial charge in [0.05, 0.1) is 12.7 Å². The van der Waals surface area contributed by atoms with Crippen molar-refractivity contribution in [2.24, 2.45) is 5.92 Å². The third-order valence-corrected chi connectivity index (χ3v) is 4.05. The van der Waals surface area contributed by atoms with Crippen molar-refractivity contribution in [2.45, 2.75) is 45.2 Å². The molecule has 1 aromatic carbocycles. The lowest BCUT2D eigenvalue weighted by Gasteiger charge is -2.29. The number of carbonyl (C=O) groups excluding carboxylic acids is 1. The van der Waals surface area contributed by atoms with Gasteiger partial charge in [0.15, 0.2) is 0 Å². The molecule has 3 nitrogen and oxygen atoms in total. The highest BCUT2D eigenvalue weighted by molar-refractivity contribution is 5.89.